The number of pyridine rings is 1. The van der Waals surface area contributed by atoms with Gasteiger partial charge in [0.05, 0.1) is 17.1 Å². The number of aromatic nitrogens is 1. The van der Waals surface area contributed by atoms with E-state index < -0.39 is 0 Å². The van der Waals surface area contributed by atoms with Crippen molar-refractivity contribution in [1.82, 2.24) is 4.98 Å². The van der Waals surface area contributed by atoms with Crippen molar-refractivity contribution in [3.05, 3.63) is 101 Å². The number of nitriles is 1. The number of aliphatic imine (C=N–C) groups is 1. The number of fused-ring (bicyclic) bond motifs is 1. The van der Waals surface area contributed by atoms with Crippen molar-refractivity contribution >= 4 is 46.3 Å². The Morgan fingerprint density at radius 3 is 2.37 bits per heavy atom. The van der Waals surface area contributed by atoms with Crippen LogP contribution in [0.5, 0.6) is 0 Å². The van der Waals surface area contributed by atoms with Gasteiger partial charge in [-0.05, 0) is 98.1 Å². The number of nitrogens with one attached hydrogen (secondary N) is 3. The maximum absolute atomic E-state index is 10.3. The first-order chi connectivity index (χ1) is 18.5. The first-order valence-electron chi connectivity index (χ1n) is 12.3. The van der Waals surface area contributed by atoms with Gasteiger partial charge < -0.3 is 16.0 Å². The largest absolute Gasteiger partial charge is 0.359 e. The molecule has 7 nitrogen and oxygen atoms in total. The molecule has 4 rings (SSSR count). The lowest BCUT2D eigenvalue weighted by atomic mass is 10.1. The fourth-order valence-corrected chi connectivity index (χ4v) is 3.62. The van der Waals surface area contributed by atoms with Crippen LogP contribution in [0.4, 0.5) is 22.7 Å². The molecule has 4 aromatic rings. The Kier molecular flexibility index (Phi) is 10.1. The van der Waals surface area contributed by atoms with E-state index in [2.05, 4.69) is 71.0 Å². The second kappa shape index (κ2) is 14.0. The van der Waals surface area contributed by atoms with Crippen LogP contribution in [0.25, 0.3) is 10.9 Å². The van der Waals surface area contributed by atoms with Crippen molar-refractivity contribution in [2.75, 3.05) is 23.0 Å². The van der Waals surface area contributed by atoms with Gasteiger partial charge in [0.1, 0.15) is 0 Å². The van der Waals surface area contributed by atoms with Crippen molar-refractivity contribution in [2.24, 2.45) is 4.99 Å². The van der Waals surface area contributed by atoms with Gasteiger partial charge in [0.15, 0.2) is 0 Å². The minimum atomic E-state index is 0.638. The van der Waals surface area contributed by atoms with E-state index in [-0.39, 0.29) is 0 Å². The average molecular weight is 505 g/mol. The normalized spacial score (nSPS) is 10.9. The highest BCUT2D eigenvalue weighted by molar-refractivity contribution is 5.93. The molecule has 0 atom stereocenters. The summed E-state index contributed by atoms with van der Waals surface area (Å²) in [5.41, 5.74) is 8.88. The fraction of sp³-hybridized carbons (Fsp3) is 0.161. The van der Waals surface area contributed by atoms with Crippen LogP contribution in [0.1, 0.15) is 30.0 Å². The molecule has 0 spiro atoms. The smallest absolute Gasteiger partial charge is 0.211 e. The number of hydrogen-bond donors (Lipinski definition) is 3. The number of aryl methyl sites for hydroxylation is 2. The van der Waals surface area contributed by atoms with Gasteiger partial charge in [-0.25, -0.2) is 0 Å². The number of anilines is 4. The topological polar surface area (TPSA) is 102 Å². The monoisotopic (exact) mass is 504 g/mol. The molecule has 38 heavy (non-hydrogen) atoms. The van der Waals surface area contributed by atoms with E-state index in [4.69, 9.17) is 5.26 Å². The lowest BCUT2D eigenvalue weighted by Gasteiger charge is -2.11. The fourth-order valence-electron chi connectivity index (χ4n) is 3.62. The Morgan fingerprint density at radius 2 is 1.71 bits per heavy atom. The van der Waals surface area contributed by atoms with E-state index in [1.807, 2.05) is 48.5 Å². The molecule has 1 heterocycles. The highest BCUT2D eigenvalue weighted by Crippen LogP contribution is 2.27. The van der Waals surface area contributed by atoms with Gasteiger partial charge in [0.2, 0.25) is 6.41 Å². The van der Waals surface area contributed by atoms with Crippen LogP contribution < -0.4 is 16.0 Å². The van der Waals surface area contributed by atoms with Crippen LogP contribution in [0.15, 0.2) is 89.7 Å². The summed E-state index contributed by atoms with van der Waals surface area (Å²) in [6.45, 7) is 6.27. The van der Waals surface area contributed by atoms with E-state index >= 15 is 0 Å². The molecule has 0 unspecified atom stereocenters. The van der Waals surface area contributed by atoms with Crippen LogP contribution in [-0.4, -0.2) is 24.7 Å². The van der Waals surface area contributed by atoms with E-state index in [1.165, 1.54) is 11.1 Å². The van der Waals surface area contributed by atoms with Gasteiger partial charge in [-0.2, -0.15) is 5.26 Å². The highest BCUT2D eigenvalue weighted by atomic mass is 16.1. The lowest BCUT2D eigenvalue weighted by molar-refractivity contribution is -0.105. The summed E-state index contributed by atoms with van der Waals surface area (Å²) < 4.78 is 0. The summed E-state index contributed by atoms with van der Waals surface area (Å²) >= 11 is 0. The molecule has 0 fully saturated rings. The molecule has 0 saturated heterocycles. The van der Waals surface area contributed by atoms with Gasteiger partial charge >= 0.3 is 0 Å². The SMILES string of the molecule is CC/C(=C\C=NC)Nc1ccc(NC=O)cc1.Cc1ccc(Nc2ccnc3ccc(C#N)cc23)cc1C. The number of amides is 1. The number of nitrogens with zero attached hydrogens (tertiary/aromatic N) is 3. The van der Waals surface area contributed by atoms with E-state index in [9.17, 15) is 4.79 Å². The van der Waals surface area contributed by atoms with Crippen molar-refractivity contribution in [3.63, 3.8) is 0 Å². The Bertz CT molecular complexity index is 1480. The van der Waals surface area contributed by atoms with Crippen molar-refractivity contribution in [3.8, 4) is 6.07 Å². The van der Waals surface area contributed by atoms with Gasteiger partial charge in [0.25, 0.3) is 0 Å². The molecule has 3 N–H and O–H groups in total. The summed E-state index contributed by atoms with van der Waals surface area (Å²) in [4.78, 5) is 18.5. The van der Waals surface area contributed by atoms with Gasteiger partial charge in [-0.3, -0.25) is 14.8 Å². The molecule has 0 saturated carbocycles. The summed E-state index contributed by atoms with van der Waals surface area (Å²) in [5, 5.41) is 19.3. The highest BCUT2D eigenvalue weighted by Gasteiger charge is 2.05. The van der Waals surface area contributed by atoms with Gasteiger partial charge in [-0.1, -0.05) is 13.0 Å². The third-order valence-corrected chi connectivity index (χ3v) is 5.88. The number of hydrogen-bond acceptors (Lipinski definition) is 6. The Morgan fingerprint density at radius 1 is 0.974 bits per heavy atom. The molecule has 0 radical (unpaired) electrons. The van der Waals surface area contributed by atoms with Crippen molar-refractivity contribution in [1.29, 1.82) is 5.26 Å². The summed E-state index contributed by atoms with van der Waals surface area (Å²) in [7, 11) is 1.74. The van der Waals surface area contributed by atoms with Crippen LogP contribution >= 0.6 is 0 Å². The third-order valence-electron chi connectivity index (χ3n) is 5.88. The first kappa shape index (κ1) is 27.6. The Balaban J connectivity index is 0.000000216. The Hall–Kier alpha value is -4.96. The zero-order chi connectivity index (χ0) is 27.3. The zero-order valence-corrected chi connectivity index (χ0v) is 22.1. The average Bonchev–Trinajstić information content (AvgIpc) is 2.94. The molecule has 0 aliphatic heterocycles. The quantitative estimate of drug-likeness (QED) is 0.175. The predicted molar refractivity (Wildman–Crippen MR) is 158 cm³/mol. The molecule has 192 valence electrons. The number of rotatable bonds is 8. The second-order valence-corrected chi connectivity index (χ2v) is 8.54. The Labute approximate surface area is 224 Å². The van der Waals surface area contributed by atoms with Gasteiger partial charge in [-0.15, -0.1) is 0 Å². The maximum Gasteiger partial charge on any atom is 0.211 e. The van der Waals surface area contributed by atoms with E-state index in [0.717, 1.165) is 45.8 Å². The number of carbonyl (C=O) groups excluding carboxylic acids is 1. The minimum absolute atomic E-state index is 0.638. The van der Waals surface area contributed by atoms with E-state index in [0.29, 0.717) is 12.0 Å². The van der Waals surface area contributed by atoms with Crippen LogP contribution in [-0.2, 0) is 4.79 Å². The molecule has 0 aliphatic rings. The van der Waals surface area contributed by atoms with Crippen LogP contribution in [0.3, 0.4) is 0 Å². The number of carbonyl (C=O) groups is 1. The zero-order valence-electron chi connectivity index (χ0n) is 22.1. The number of benzene rings is 3. The molecule has 7 heteroatoms. The van der Waals surface area contributed by atoms with Gasteiger partial charge in [0, 0.05) is 53.3 Å². The van der Waals surface area contributed by atoms with Crippen LogP contribution in [0.2, 0.25) is 0 Å². The summed E-state index contributed by atoms with van der Waals surface area (Å²) in [6.07, 6.45) is 7.04. The summed E-state index contributed by atoms with van der Waals surface area (Å²) in [6, 6.07) is 23.4. The third kappa shape index (κ3) is 7.77. The first-order valence-corrected chi connectivity index (χ1v) is 12.3. The molecular formula is C31H32N6O. The standard InChI is InChI=1S/C18H15N3.C13H17N3O/c1-12-3-5-15(9-13(12)2)21-18-7-8-20-17-6-4-14(11-19)10-16(17)18;1-3-11(8-9-14-2)16-13-6-4-12(5-7-13)15-10-17/h3-10H,1-2H3,(H,20,21);4-10,16H,3H2,1-2H3,(H,15,17)/b;11-8+,14-9?. The minimum Gasteiger partial charge on any atom is -0.359 e. The molecule has 3 aromatic carbocycles. The number of allylic oxidation sites excluding steroid dienone is 2. The maximum atomic E-state index is 10.3. The summed E-state index contributed by atoms with van der Waals surface area (Å²) in [5.74, 6) is 0. The second-order valence-electron chi connectivity index (χ2n) is 8.54. The van der Waals surface area contributed by atoms with E-state index in [1.54, 1.807) is 25.5 Å². The van der Waals surface area contributed by atoms with Crippen LogP contribution in [0, 0.1) is 25.2 Å². The molecule has 1 amide bonds. The van der Waals surface area contributed by atoms with Crippen molar-refractivity contribution < 1.29 is 4.79 Å². The van der Waals surface area contributed by atoms with Crippen molar-refractivity contribution in [2.45, 2.75) is 27.2 Å². The molecule has 0 bridgehead atoms. The molecular weight excluding hydrogens is 472 g/mol. The molecule has 1 aromatic heterocycles. The lowest BCUT2D eigenvalue weighted by Crippen LogP contribution is -1.99. The molecule has 0 aliphatic carbocycles. The predicted octanol–water partition coefficient (Wildman–Crippen LogP) is 7.13.